The van der Waals surface area contributed by atoms with Crippen molar-refractivity contribution in [3.05, 3.63) is 29.6 Å². The second-order valence-corrected chi connectivity index (χ2v) is 10.7. The van der Waals surface area contributed by atoms with Gasteiger partial charge in [-0.1, -0.05) is 63.5 Å². The van der Waals surface area contributed by atoms with Gasteiger partial charge in [0.25, 0.3) is 5.91 Å². The highest BCUT2D eigenvalue weighted by Crippen LogP contribution is 2.28. The molecule has 2 aromatic rings. The number of guanidine groups is 1. The zero-order valence-corrected chi connectivity index (χ0v) is 26.0. The molecule has 1 aromatic heterocycles. The van der Waals surface area contributed by atoms with Crippen LogP contribution in [0.4, 0.5) is 32.2 Å². The van der Waals surface area contributed by atoms with Crippen LogP contribution < -0.4 is 22.1 Å². The van der Waals surface area contributed by atoms with E-state index in [-0.39, 0.29) is 29.8 Å². The number of halogens is 6. The van der Waals surface area contributed by atoms with E-state index in [9.17, 15) is 31.1 Å². The molecule has 18 heteroatoms. The summed E-state index contributed by atoms with van der Waals surface area (Å²) in [7, 11) is 0. The number of fused-ring (bicyclic) bond motifs is 1. The van der Waals surface area contributed by atoms with Crippen molar-refractivity contribution in [3.8, 4) is 0 Å². The topological polar surface area (TPSA) is 206 Å². The molecule has 1 aliphatic rings. The molecule has 8 N–H and O–H groups in total. The Hall–Kier alpha value is -4.38. The maximum Gasteiger partial charge on any atom is 0.490 e. The van der Waals surface area contributed by atoms with E-state index in [1.54, 1.807) is 0 Å². The normalized spacial score (nSPS) is 16.1. The highest BCUT2D eigenvalue weighted by Gasteiger charge is 2.39. The molecule has 1 aromatic carbocycles. The molecule has 0 spiro atoms. The quantitative estimate of drug-likeness (QED) is 0.0782. The Bertz CT molecular complexity index is 1330. The summed E-state index contributed by atoms with van der Waals surface area (Å²) in [6.07, 6.45) is 0.959. The maximum absolute atomic E-state index is 12.8. The monoisotopic (exact) mass is 681 g/mol. The van der Waals surface area contributed by atoms with Crippen LogP contribution in [-0.2, 0) is 9.59 Å². The minimum absolute atomic E-state index is 0.0106. The zero-order valence-electron chi connectivity index (χ0n) is 26.0. The van der Waals surface area contributed by atoms with E-state index in [1.165, 1.54) is 25.7 Å². The van der Waals surface area contributed by atoms with E-state index in [0.29, 0.717) is 12.4 Å². The van der Waals surface area contributed by atoms with Crippen molar-refractivity contribution in [1.82, 2.24) is 15.3 Å². The number of hydrogen-bond acceptors (Lipinski definition) is 7. The molecule has 3 rings (SSSR count). The smallest absolute Gasteiger partial charge is 0.475 e. The van der Waals surface area contributed by atoms with Crippen molar-refractivity contribution in [3.63, 3.8) is 0 Å². The summed E-state index contributed by atoms with van der Waals surface area (Å²) in [5, 5.41) is 21.7. The predicted molar refractivity (Wildman–Crippen MR) is 163 cm³/mol. The van der Waals surface area contributed by atoms with Crippen molar-refractivity contribution in [2.45, 2.75) is 102 Å². The lowest BCUT2D eigenvalue weighted by molar-refractivity contribution is -0.193. The van der Waals surface area contributed by atoms with Crippen LogP contribution in [0.15, 0.2) is 23.2 Å². The number of nitrogens with one attached hydrogen (secondary N) is 2. The fourth-order valence-corrected chi connectivity index (χ4v) is 4.44. The minimum atomic E-state index is -5.08. The molecule has 0 radical (unpaired) electrons. The Balaban J connectivity index is 0.000000658. The Kier molecular flexibility index (Phi) is 16.7. The van der Waals surface area contributed by atoms with Crippen LogP contribution in [0.5, 0.6) is 0 Å². The van der Waals surface area contributed by atoms with E-state index in [2.05, 4.69) is 32.5 Å². The molecule has 2 unspecified atom stereocenters. The van der Waals surface area contributed by atoms with Gasteiger partial charge in [-0.2, -0.15) is 26.3 Å². The van der Waals surface area contributed by atoms with Gasteiger partial charge in [-0.3, -0.25) is 4.79 Å². The molecule has 0 aliphatic heterocycles. The molecule has 1 saturated carbocycles. The van der Waals surface area contributed by atoms with Gasteiger partial charge in [0.2, 0.25) is 5.82 Å². The first-order valence-electron chi connectivity index (χ1n) is 14.9. The standard InChI is InChI=1S/C25H39N7O.2C2HF3O2/c1-3-4-5-6-7-10-15-28-24(33)23-29-19-14-13-17(2)16-18(19)22(32-23)30-20-11-8-9-12-21(20)31-25(26)27;2*3-2(4,5)1(6)7/h13-14,16,20-21H,3-12,15H2,1-2H3,(H,28,33)(H4,26,27,31)(H,29,30,32);2*(H,6,7). The number of amides is 1. The maximum atomic E-state index is 12.8. The van der Waals surface area contributed by atoms with Gasteiger partial charge in [0.15, 0.2) is 5.96 Å². The number of carboxylic acid groups (broad SMARTS) is 2. The van der Waals surface area contributed by atoms with Gasteiger partial charge in [0.1, 0.15) is 5.82 Å². The average molecular weight is 682 g/mol. The largest absolute Gasteiger partial charge is 0.490 e. The van der Waals surface area contributed by atoms with Crippen LogP contribution in [-0.4, -0.2) is 75.0 Å². The Morgan fingerprint density at radius 3 is 2.02 bits per heavy atom. The minimum Gasteiger partial charge on any atom is -0.475 e. The Morgan fingerprint density at radius 2 is 1.47 bits per heavy atom. The lowest BCUT2D eigenvalue weighted by Crippen LogP contribution is -2.38. The van der Waals surface area contributed by atoms with Crippen molar-refractivity contribution in [2.24, 2.45) is 16.5 Å². The highest BCUT2D eigenvalue weighted by atomic mass is 19.4. The first-order valence-corrected chi connectivity index (χ1v) is 14.9. The molecule has 264 valence electrons. The van der Waals surface area contributed by atoms with Crippen LogP contribution in [0.25, 0.3) is 10.9 Å². The summed E-state index contributed by atoms with van der Waals surface area (Å²) in [6.45, 7) is 4.88. The molecule has 47 heavy (non-hydrogen) atoms. The van der Waals surface area contributed by atoms with Crippen LogP contribution in [0.1, 0.15) is 87.3 Å². The van der Waals surface area contributed by atoms with Gasteiger partial charge in [0, 0.05) is 11.9 Å². The number of hydrogen-bond donors (Lipinski definition) is 6. The van der Waals surface area contributed by atoms with Crippen molar-refractivity contribution in [1.29, 1.82) is 0 Å². The summed E-state index contributed by atoms with van der Waals surface area (Å²) in [5.41, 5.74) is 13.2. The van der Waals surface area contributed by atoms with Crippen LogP contribution in [0.3, 0.4) is 0 Å². The van der Waals surface area contributed by atoms with Crippen molar-refractivity contribution >= 4 is 40.5 Å². The summed E-state index contributed by atoms with van der Waals surface area (Å²) in [5.74, 6) is -4.80. The number of carboxylic acids is 2. The third kappa shape index (κ3) is 15.6. The lowest BCUT2D eigenvalue weighted by atomic mass is 9.90. The summed E-state index contributed by atoms with van der Waals surface area (Å²) >= 11 is 0. The molecule has 2 atom stereocenters. The molecule has 1 heterocycles. The summed E-state index contributed by atoms with van der Waals surface area (Å²) in [6, 6.07) is 6.03. The predicted octanol–water partition coefficient (Wildman–Crippen LogP) is 5.29. The number of anilines is 1. The van der Waals surface area contributed by atoms with Gasteiger partial charge in [0.05, 0.1) is 17.6 Å². The van der Waals surface area contributed by atoms with Gasteiger partial charge in [-0.25, -0.2) is 24.5 Å². The number of nitrogens with two attached hydrogens (primary N) is 2. The number of aliphatic carboxylic acids is 2. The first-order chi connectivity index (χ1) is 21.9. The fourth-order valence-electron chi connectivity index (χ4n) is 4.44. The van der Waals surface area contributed by atoms with E-state index >= 15 is 0 Å². The number of rotatable bonds is 11. The first kappa shape index (κ1) is 40.6. The molecule has 1 fully saturated rings. The third-order valence-corrected chi connectivity index (χ3v) is 6.72. The van der Waals surface area contributed by atoms with Gasteiger partial charge >= 0.3 is 24.3 Å². The van der Waals surface area contributed by atoms with E-state index in [1.807, 2.05) is 25.1 Å². The highest BCUT2D eigenvalue weighted by molar-refractivity contribution is 5.96. The van der Waals surface area contributed by atoms with Gasteiger partial charge in [-0.15, -0.1) is 0 Å². The number of benzene rings is 1. The zero-order chi connectivity index (χ0) is 35.8. The van der Waals surface area contributed by atoms with Crippen LogP contribution >= 0.6 is 0 Å². The Morgan fingerprint density at radius 1 is 0.915 bits per heavy atom. The molecule has 0 bridgehead atoms. The second-order valence-electron chi connectivity index (χ2n) is 10.7. The number of carbonyl (C=O) groups is 3. The number of aliphatic imine (C=N–C) groups is 1. The molecule has 1 aliphatic carbocycles. The molecule has 12 nitrogen and oxygen atoms in total. The Labute approximate surface area is 267 Å². The lowest BCUT2D eigenvalue weighted by Gasteiger charge is -2.30. The average Bonchev–Trinajstić information content (AvgIpc) is 2.97. The van der Waals surface area contributed by atoms with Crippen molar-refractivity contribution in [2.75, 3.05) is 11.9 Å². The van der Waals surface area contributed by atoms with E-state index < -0.39 is 24.3 Å². The van der Waals surface area contributed by atoms with Gasteiger partial charge in [-0.05, 0) is 38.3 Å². The summed E-state index contributed by atoms with van der Waals surface area (Å²) in [4.78, 5) is 44.2. The van der Waals surface area contributed by atoms with E-state index in [4.69, 9.17) is 31.3 Å². The number of nitrogens with zero attached hydrogens (tertiary/aromatic N) is 3. The fraction of sp³-hybridized carbons (Fsp3) is 0.586. The van der Waals surface area contributed by atoms with E-state index in [0.717, 1.165) is 55.0 Å². The van der Waals surface area contributed by atoms with Crippen LogP contribution in [0, 0.1) is 6.92 Å². The molecule has 0 saturated heterocycles. The number of alkyl halides is 6. The second kappa shape index (κ2) is 19.3. The van der Waals surface area contributed by atoms with Gasteiger partial charge < -0.3 is 32.3 Å². The summed E-state index contributed by atoms with van der Waals surface area (Å²) < 4.78 is 63.5. The van der Waals surface area contributed by atoms with Crippen LogP contribution in [0.2, 0.25) is 0 Å². The number of carbonyl (C=O) groups excluding carboxylic acids is 1. The molecule has 1 amide bonds. The number of aryl methyl sites for hydroxylation is 1. The molecular weight excluding hydrogens is 640 g/mol. The SMILES string of the molecule is CCCCCCCCNC(=O)c1nc(NC2CCCCC2N=C(N)N)c2cc(C)ccc2n1.O=C(O)C(F)(F)F.O=C(O)C(F)(F)F. The molecular formula is C29H41F6N7O5. The third-order valence-electron chi connectivity index (χ3n) is 6.72. The van der Waals surface area contributed by atoms with Crippen molar-refractivity contribution < 1.29 is 50.9 Å². The number of unbranched alkanes of at least 4 members (excludes halogenated alkanes) is 5. The number of aromatic nitrogens is 2.